The fraction of sp³-hybridized carbons (Fsp3) is 0.100. The fourth-order valence-corrected chi connectivity index (χ4v) is 2.86. The van der Waals surface area contributed by atoms with Crippen LogP contribution in [-0.4, -0.2) is 40.3 Å². The van der Waals surface area contributed by atoms with Crippen LogP contribution in [0, 0.1) is 5.41 Å². The van der Waals surface area contributed by atoms with E-state index >= 15 is 0 Å². The minimum Gasteiger partial charge on any atom is -0.398 e. The largest absolute Gasteiger partial charge is 0.398 e. The van der Waals surface area contributed by atoms with E-state index in [1.807, 2.05) is 0 Å². The average molecular weight is 391 g/mol. The Kier molecular flexibility index (Phi) is 6.00. The van der Waals surface area contributed by atoms with Gasteiger partial charge in [-0.05, 0) is 36.4 Å². The molecule has 1 heterocycles. The van der Waals surface area contributed by atoms with Crippen LogP contribution in [0.4, 0.5) is 28.8 Å². The monoisotopic (exact) mass is 391 g/mol. The summed E-state index contributed by atoms with van der Waals surface area (Å²) >= 11 is 0. The summed E-state index contributed by atoms with van der Waals surface area (Å²) in [4.78, 5) is 21.8. The van der Waals surface area contributed by atoms with Gasteiger partial charge in [0.15, 0.2) is 0 Å². The molecular weight excluding hydrogens is 370 g/mol. The summed E-state index contributed by atoms with van der Waals surface area (Å²) in [5, 5.41) is 20.3. The van der Waals surface area contributed by atoms with Crippen molar-refractivity contribution in [2.45, 2.75) is 0 Å². The number of nitrogens with two attached hydrogens (primary N) is 2. The van der Waals surface area contributed by atoms with Crippen LogP contribution >= 0.6 is 0 Å². The highest BCUT2D eigenvalue weighted by Gasteiger charge is 2.16. The maximum Gasteiger partial charge on any atom is 0.248 e. The summed E-state index contributed by atoms with van der Waals surface area (Å²) in [6, 6.07) is 13.7. The van der Waals surface area contributed by atoms with Gasteiger partial charge < -0.3 is 32.2 Å². The number of hydrogen-bond donors (Lipinski definition) is 5. The number of rotatable bonds is 8. The Bertz CT molecular complexity index is 1040. The number of carbonyl (C=O) groups excluding carboxylic acids is 1. The molecule has 2 aromatic carbocycles. The number of aromatic nitrogens is 2. The molecular formula is C20H21N7O2. The van der Waals surface area contributed by atoms with Crippen LogP contribution in [0.2, 0.25) is 0 Å². The Hall–Kier alpha value is -3.98. The van der Waals surface area contributed by atoms with E-state index < -0.39 is 5.91 Å². The third-order valence-electron chi connectivity index (χ3n) is 4.20. The molecule has 0 radical (unpaired) electrons. The third-order valence-corrected chi connectivity index (χ3v) is 4.20. The molecule has 9 heteroatoms. The molecule has 7 N–H and O–H groups in total. The Morgan fingerprint density at radius 3 is 2.76 bits per heavy atom. The van der Waals surface area contributed by atoms with Crippen LogP contribution in [0.15, 0.2) is 54.7 Å². The van der Waals surface area contributed by atoms with E-state index in [0.717, 1.165) is 0 Å². The van der Waals surface area contributed by atoms with Crippen molar-refractivity contribution in [1.82, 2.24) is 9.97 Å². The predicted molar refractivity (Wildman–Crippen MR) is 113 cm³/mol. The van der Waals surface area contributed by atoms with Crippen LogP contribution in [0.3, 0.4) is 0 Å². The van der Waals surface area contributed by atoms with E-state index in [0.29, 0.717) is 40.0 Å². The Morgan fingerprint density at radius 1 is 1.24 bits per heavy atom. The molecule has 0 bridgehead atoms. The zero-order chi connectivity index (χ0) is 20.8. The number of amides is 1. The molecule has 29 heavy (non-hydrogen) atoms. The highest BCUT2D eigenvalue weighted by atomic mass is 16.3. The summed E-state index contributed by atoms with van der Waals surface area (Å²) in [7, 11) is 0. The summed E-state index contributed by atoms with van der Waals surface area (Å²) in [5.74, 6) is 0.280. The number of nitrogens with one attached hydrogen (secondary N) is 2. The van der Waals surface area contributed by atoms with Crippen molar-refractivity contribution in [2.75, 3.05) is 29.1 Å². The normalized spacial score (nSPS) is 10.4. The number of aliphatic hydroxyl groups excluding tert-OH is 1. The highest BCUT2D eigenvalue weighted by molar-refractivity contribution is 5.94. The molecule has 3 aromatic rings. The number of nitrogens with zero attached hydrogens (tertiary/aromatic N) is 3. The lowest BCUT2D eigenvalue weighted by atomic mass is 10.1. The molecule has 0 aliphatic carbocycles. The molecule has 3 rings (SSSR count). The van der Waals surface area contributed by atoms with Crippen molar-refractivity contribution < 1.29 is 9.90 Å². The van der Waals surface area contributed by atoms with Crippen molar-refractivity contribution in [1.29, 1.82) is 5.41 Å². The number of primary amides is 1. The lowest BCUT2D eigenvalue weighted by Gasteiger charge is -2.25. The molecule has 1 amide bonds. The van der Waals surface area contributed by atoms with Crippen LogP contribution in [0.5, 0.6) is 0 Å². The number of benzene rings is 2. The van der Waals surface area contributed by atoms with E-state index in [4.69, 9.17) is 16.9 Å². The summed E-state index contributed by atoms with van der Waals surface area (Å²) in [5.41, 5.74) is 13.9. The van der Waals surface area contributed by atoms with Gasteiger partial charge in [-0.15, -0.1) is 0 Å². The molecule has 0 unspecified atom stereocenters. The van der Waals surface area contributed by atoms with Crippen LogP contribution in [0.25, 0.3) is 0 Å². The first-order chi connectivity index (χ1) is 14.0. The number of aliphatic hydroxyl groups is 1. The Morgan fingerprint density at radius 2 is 2.03 bits per heavy atom. The average Bonchev–Trinajstić information content (AvgIpc) is 2.72. The molecule has 148 valence electrons. The van der Waals surface area contributed by atoms with Gasteiger partial charge in [-0.3, -0.25) is 4.79 Å². The van der Waals surface area contributed by atoms with Crippen LogP contribution in [-0.2, 0) is 0 Å². The van der Waals surface area contributed by atoms with Gasteiger partial charge in [0.1, 0.15) is 5.82 Å². The lowest BCUT2D eigenvalue weighted by Crippen LogP contribution is -2.24. The second-order valence-electron chi connectivity index (χ2n) is 6.11. The molecule has 0 atom stereocenters. The summed E-state index contributed by atoms with van der Waals surface area (Å²) in [6.07, 6.45) is 2.74. The van der Waals surface area contributed by atoms with Crippen LogP contribution in [0.1, 0.15) is 15.9 Å². The second-order valence-corrected chi connectivity index (χ2v) is 6.11. The predicted octanol–water partition coefficient (Wildman–Crippen LogP) is 2.03. The van der Waals surface area contributed by atoms with E-state index in [1.54, 1.807) is 59.6 Å². The number of nitrogen functional groups attached to an aromatic ring is 1. The fourth-order valence-electron chi connectivity index (χ4n) is 2.86. The summed E-state index contributed by atoms with van der Waals surface area (Å²) in [6.45, 7) is 0.123. The Labute approximate surface area is 167 Å². The maximum absolute atomic E-state index is 11.4. The number of hydrogen-bond acceptors (Lipinski definition) is 8. The van der Waals surface area contributed by atoms with Gasteiger partial charge in [0.2, 0.25) is 11.9 Å². The molecule has 0 saturated carbocycles. The van der Waals surface area contributed by atoms with Crippen molar-refractivity contribution in [3.05, 3.63) is 65.9 Å². The van der Waals surface area contributed by atoms with E-state index in [9.17, 15) is 9.90 Å². The zero-order valence-electron chi connectivity index (χ0n) is 15.5. The third kappa shape index (κ3) is 4.47. The maximum atomic E-state index is 11.4. The minimum absolute atomic E-state index is 0.125. The number of anilines is 5. The first kappa shape index (κ1) is 19.8. The molecule has 9 nitrogen and oxygen atoms in total. The van der Waals surface area contributed by atoms with Gasteiger partial charge >= 0.3 is 0 Å². The minimum atomic E-state index is -0.529. The van der Waals surface area contributed by atoms with Crippen molar-refractivity contribution >= 4 is 41.0 Å². The van der Waals surface area contributed by atoms with E-state index in [2.05, 4.69) is 15.3 Å². The lowest BCUT2D eigenvalue weighted by molar-refractivity contribution is 0.100. The summed E-state index contributed by atoms with van der Waals surface area (Å²) < 4.78 is 0. The van der Waals surface area contributed by atoms with Crippen LogP contribution < -0.4 is 21.7 Å². The smallest absolute Gasteiger partial charge is 0.248 e. The van der Waals surface area contributed by atoms with Gasteiger partial charge in [0.25, 0.3) is 0 Å². The molecule has 0 aliphatic rings. The molecule has 0 aliphatic heterocycles. The first-order valence-electron chi connectivity index (χ1n) is 8.80. The number of carbonyl (C=O) groups is 1. The van der Waals surface area contributed by atoms with Gasteiger partial charge in [-0.2, -0.15) is 4.98 Å². The van der Waals surface area contributed by atoms with E-state index in [-0.39, 0.29) is 13.2 Å². The van der Waals surface area contributed by atoms with Gasteiger partial charge in [-0.1, -0.05) is 12.1 Å². The molecule has 0 saturated heterocycles. The van der Waals surface area contributed by atoms with Crippen molar-refractivity contribution in [3.8, 4) is 0 Å². The second kappa shape index (κ2) is 8.81. The van der Waals surface area contributed by atoms with E-state index in [1.165, 1.54) is 6.21 Å². The van der Waals surface area contributed by atoms with Gasteiger partial charge in [0, 0.05) is 41.5 Å². The topological polar surface area (TPSA) is 154 Å². The highest BCUT2D eigenvalue weighted by Crippen LogP contribution is 2.30. The van der Waals surface area contributed by atoms with Crippen molar-refractivity contribution in [3.63, 3.8) is 0 Å². The standard InChI is InChI=1S/C20H21N7O2/c21-12-15-16(22)5-2-6-17(15)27(9-10-28)18-7-8-24-20(26-18)25-14-4-1-3-13(11-14)19(23)29/h1-8,11-12,21,28H,9-10,22H2,(H2,23,29)(H,24,25,26). The zero-order valence-corrected chi connectivity index (χ0v) is 15.5. The van der Waals surface area contributed by atoms with Gasteiger partial charge in [0.05, 0.1) is 12.3 Å². The van der Waals surface area contributed by atoms with Crippen molar-refractivity contribution in [2.24, 2.45) is 5.73 Å². The quantitative estimate of drug-likeness (QED) is 0.291. The molecule has 0 fully saturated rings. The SMILES string of the molecule is N=Cc1c(N)cccc1N(CCO)c1ccnc(Nc2cccc(C(N)=O)c2)n1. The van der Waals surface area contributed by atoms with Gasteiger partial charge in [-0.25, -0.2) is 4.98 Å². The first-order valence-corrected chi connectivity index (χ1v) is 8.80. The Balaban J connectivity index is 1.96. The molecule has 1 aromatic heterocycles. The molecule has 0 spiro atoms.